The highest BCUT2D eigenvalue weighted by molar-refractivity contribution is 6.18. The van der Waals surface area contributed by atoms with Crippen molar-refractivity contribution in [3.8, 4) is 0 Å². The number of hydrogen-bond acceptors (Lipinski definition) is 1. The molecule has 0 spiro atoms. The fourth-order valence-electron chi connectivity index (χ4n) is 1.73. The lowest BCUT2D eigenvalue weighted by Crippen LogP contribution is -2.31. The maximum atomic E-state index is 11.9. The molecule has 1 aliphatic carbocycles. The number of hydrogen-bond donors (Lipinski definition) is 1. The van der Waals surface area contributed by atoms with Gasteiger partial charge in [-0.05, 0) is 31.4 Å². The minimum Gasteiger partial charge on any atom is -0.351 e. The van der Waals surface area contributed by atoms with Crippen LogP contribution in [-0.2, 0) is 0 Å². The van der Waals surface area contributed by atoms with E-state index in [4.69, 9.17) is 11.6 Å². The molecule has 16 heavy (non-hydrogen) atoms. The van der Waals surface area contributed by atoms with Crippen LogP contribution in [0.3, 0.4) is 0 Å². The van der Waals surface area contributed by atoms with Crippen LogP contribution in [0.1, 0.15) is 28.8 Å². The van der Waals surface area contributed by atoms with E-state index >= 15 is 0 Å². The molecule has 0 unspecified atom stereocenters. The zero-order valence-electron chi connectivity index (χ0n) is 9.42. The molecule has 0 saturated heterocycles. The van der Waals surface area contributed by atoms with Gasteiger partial charge in [0.25, 0.3) is 5.91 Å². The predicted octanol–water partition coefficient (Wildman–Crippen LogP) is 2.74. The van der Waals surface area contributed by atoms with Crippen molar-refractivity contribution < 1.29 is 4.79 Å². The smallest absolute Gasteiger partial charge is 0.251 e. The minimum atomic E-state index is 0.00879. The summed E-state index contributed by atoms with van der Waals surface area (Å²) in [5.41, 5.74) is 1.95. The van der Waals surface area contributed by atoms with E-state index in [1.807, 2.05) is 31.2 Å². The van der Waals surface area contributed by atoms with E-state index in [1.54, 1.807) is 0 Å². The van der Waals surface area contributed by atoms with Crippen LogP contribution in [0.4, 0.5) is 0 Å². The zero-order chi connectivity index (χ0) is 11.6. The maximum Gasteiger partial charge on any atom is 0.251 e. The number of carbonyl (C=O) groups is 1. The lowest BCUT2D eigenvalue weighted by Gasteiger charge is -2.13. The summed E-state index contributed by atoms with van der Waals surface area (Å²) < 4.78 is 0. The molecule has 0 heterocycles. The van der Waals surface area contributed by atoms with Crippen molar-refractivity contribution in [3.05, 3.63) is 35.4 Å². The Balaban J connectivity index is 1.96. The number of benzene rings is 1. The van der Waals surface area contributed by atoms with Gasteiger partial charge in [-0.1, -0.05) is 18.2 Å². The average Bonchev–Trinajstić information content (AvgIpc) is 3.07. The molecule has 0 aromatic heterocycles. The first kappa shape index (κ1) is 11.5. The van der Waals surface area contributed by atoms with Crippen LogP contribution in [-0.4, -0.2) is 18.3 Å². The Bertz CT molecular complexity index is 399. The Morgan fingerprint density at radius 2 is 2.12 bits per heavy atom. The second-order valence-electron chi connectivity index (χ2n) is 4.63. The monoisotopic (exact) mass is 237 g/mol. The van der Waals surface area contributed by atoms with Gasteiger partial charge in [0, 0.05) is 23.4 Å². The summed E-state index contributed by atoms with van der Waals surface area (Å²) >= 11 is 5.87. The highest BCUT2D eigenvalue weighted by atomic mass is 35.5. The van der Waals surface area contributed by atoms with Gasteiger partial charge in [-0.15, -0.1) is 11.6 Å². The summed E-state index contributed by atoms with van der Waals surface area (Å²) in [5, 5.41) is 2.97. The SMILES string of the molecule is Cc1ccccc1C(=O)NCC1(CCl)CC1. The summed E-state index contributed by atoms with van der Waals surface area (Å²) in [6.07, 6.45) is 2.26. The molecule has 1 N–H and O–H groups in total. The van der Waals surface area contributed by atoms with Crippen molar-refractivity contribution in [1.29, 1.82) is 0 Å². The molecule has 1 aliphatic rings. The first-order chi connectivity index (χ1) is 7.67. The summed E-state index contributed by atoms with van der Waals surface area (Å²) in [5.74, 6) is 0.649. The quantitative estimate of drug-likeness (QED) is 0.802. The van der Waals surface area contributed by atoms with Gasteiger partial charge in [0.05, 0.1) is 0 Å². The van der Waals surface area contributed by atoms with E-state index in [0.29, 0.717) is 12.4 Å². The highest BCUT2D eigenvalue weighted by Crippen LogP contribution is 2.45. The first-order valence-electron chi connectivity index (χ1n) is 5.57. The van der Waals surface area contributed by atoms with Crippen LogP contribution in [0.5, 0.6) is 0 Å². The largest absolute Gasteiger partial charge is 0.351 e. The van der Waals surface area contributed by atoms with E-state index < -0.39 is 0 Å². The molecular weight excluding hydrogens is 222 g/mol. The third-order valence-electron chi connectivity index (χ3n) is 3.25. The molecule has 2 nitrogen and oxygen atoms in total. The fourth-order valence-corrected chi connectivity index (χ4v) is 2.09. The Morgan fingerprint density at radius 1 is 1.44 bits per heavy atom. The van der Waals surface area contributed by atoms with Crippen molar-refractivity contribution in [1.82, 2.24) is 5.32 Å². The Labute approximate surface area is 101 Å². The summed E-state index contributed by atoms with van der Waals surface area (Å²) in [6, 6.07) is 7.62. The molecule has 1 aromatic rings. The number of carbonyl (C=O) groups excluding carboxylic acids is 1. The maximum absolute atomic E-state index is 11.9. The third kappa shape index (κ3) is 2.38. The van der Waals surface area contributed by atoms with Gasteiger partial charge in [-0.3, -0.25) is 4.79 Å². The van der Waals surface area contributed by atoms with Gasteiger partial charge in [-0.2, -0.15) is 0 Å². The van der Waals surface area contributed by atoms with Crippen LogP contribution >= 0.6 is 11.6 Å². The Kier molecular flexibility index (Phi) is 3.20. The van der Waals surface area contributed by atoms with Crippen LogP contribution in [0.25, 0.3) is 0 Å². The Morgan fingerprint density at radius 3 is 2.69 bits per heavy atom. The van der Waals surface area contributed by atoms with E-state index in [9.17, 15) is 4.79 Å². The number of halogens is 1. The van der Waals surface area contributed by atoms with Gasteiger partial charge in [0.15, 0.2) is 0 Å². The van der Waals surface area contributed by atoms with E-state index in [0.717, 1.165) is 24.0 Å². The molecule has 0 bridgehead atoms. The molecule has 0 aliphatic heterocycles. The number of rotatable bonds is 4. The third-order valence-corrected chi connectivity index (χ3v) is 3.82. The summed E-state index contributed by atoms with van der Waals surface area (Å²) in [7, 11) is 0. The van der Waals surface area contributed by atoms with Crippen molar-refractivity contribution in [2.45, 2.75) is 19.8 Å². The number of amides is 1. The lowest BCUT2D eigenvalue weighted by atomic mass is 10.1. The fraction of sp³-hybridized carbons (Fsp3) is 0.462. The van der Waals surface area contributed by atoms with Crippen molar-refractivity contribution in [2.75, 3.05) is 12.4 Å². The van der Waals surface area contributed by atoms with Crippen molar-refractivity contribution >= 4 is 17.5 Å². The molecule has 1 aromatic carbocycles. The molecule has 1 saturated carbocycles. The lowest BCUT2D eigenvalue weighted by molar-refractivity contribution is 0.0946. The highest BCUT2D eigenvalue weighted by Gasteiger charge is 2.41. The Hall–Kier alpha value is -1.02. The van der Waals surface area contributed by atoms with Crippen molar-refractivity contribution in [3.63, 3.8) is 0 Å². The van der Waals surface area contributed by atoms with Crippen molar-refractivity contribution in [2.24, 2.45) is 5.41 Å². The molecule has 0 atom stereocenters. The second-order valence-corrected chi connectivity index (χ2v) is 4.90. The molecule has 1 amide bonds. The second kappa shape index (κ2) is 4.46. The normalized spacial score (nSPS) is 16.9. The average molecular weight is 238 g/mol. The molecule has 86 valence electrons. The van der Waals surface area contributed by atoms with Crippen LogP contribution in [0.2, 0.25) is 0 Å². The number of alkyl halides is 1. The van der Waals surface area contributed by atoms with Crippen LogP contribution in [0, 0.1) is 12.3 Å². The molecular formula is C13H16ClNO. The standard InChI is InChI=1S/C13H16ClNO/c1-10-4-2-3-5-11(10)12(16)15-9-13(8-14)6-7-13/h2-5H,6-9H2,1H3,(H,15,16). The molecule has 3 heteroatoms. The van der Waals surface area contributed by atoms with Gasteiger partial charge in [-0.25, -0.2) is 0 Å². The molecule has 2 rings (SSSR count). The topological polar surface area (TPSA) is 29.1 Å². The van der Waals surface area contributed by atoms with Gasteiger partial charge in [0.1, 0.15) is 0 Å². The number of nitrogens with one attached hydrogen (secondary N) is 1. The van der Waals surface area contributed by atoms with Gasteiger partial charge < -0.3 is 5.32 Å². The zero-order valence-corrected chi connectivity index (χ0v) is 10.2. The van der Waals surface area contributed by atoms with E-state index in [2.05, 4.69) is 5.32 Å². The van der Waals surface area contributed by atoms with Crippen LogP contribution in [0.15, 0.2) is 24.3 Å². The van der Waals surface area contributed by atoms with Gasteiger partial charge in [0.2, 0.25) is 0 Å². The molecule has 0 radical (unpaired) electrons. The predicted molar refractivity (Wildman–Crippen MR) is 65.9 cm³/mol. The summed E-state index contributed by atoms with van der Waals surface area (Å²) in [4.78, 5) is 11.9. The minimum absolute atomic E-state index is 0.00879. The first-order valence-corrected chi connectivity index (χ1v) is 6.10. The van der Waals surface area contributed by atoms with Crippen LogP contribution < -0.4 is 5.32 Å². The summed E-state index contributed by atoms with van der Waals surface area (Å²) in [6.45, 7) is 2.65. The van der Waals surface area contributed by atoms with E-state index in [-0.39, 0.29) is 11.3 Å². The number of aryl methyl sites for hydroxylation is 1. The van der Waals surface area contributed by atoms with Gasteiger partial charge >= 0.3 is 0 Å². The molecule has 1 fully saturated rings. The van der Waals surface area contributed by atoms with E-state index in [1.165, 1.54) is 0 Å².